The Morgan fingerprint density at radius 2 is 1.71 bits per heavy atom. The van der Waals surface area contributed by atoms with E-state index < -0.39 is 43.8 Å². The van der Waals surface area contributed by atoms with Crippen LogP contribution < -0.4 is 15.8 Å². The normalized spacial score (nSPS) is 20.2. The Morgan fingerprint density at radius 1 is 1.07 bits per heavy atom. The number of hydroxylamine groups is 1. The summed E-state index contributed by atoms with van der Waals surface area (Å²) < 4.78 is 31.8. The van der Waals surface area contributed by atoms with Crippen LogP contribution in [0.1, 0.15) is 45.9 Å². The van der Waals surface area contributed by atoms with Gasteiger partial charge in [-0.2, -0.15) is 0 Å². The van der Waals surface area contributed by atoms with Crippen molar-refractivity contribution < 1.29 is 28.2 Å². The maximum absolute atomic E-state index is 13.4. The molecule has 0 bridgehead atoms. The number of carbonyl (C=O) groups excluding carboxylic acids is 1. The first kappa shape index (κ1) is 30.5. The lowest BCUT2D eigenvalue weighted by molar-refractivity contribution is -0.180. The first-order valence-corrected chi connectivity index (χ1v) is 14.8. The first-order valence-electron chi connectivity index (χ1n) is 13.5. The molecule has 12 heteroatoms. The van der Waals surface area contributed by atoms with Gasteiger partial charge < -0.3 is 14.0 Å². The quantitative estimate of drug-likeness (QED) is 0.197. The van der Waals surface area contributed by atoms with Gasteiger partial charge in [-0.1, -0.05) is 53.7 Å². The van der Waals surface area contributed by atoms with Crippen LogP contribution in [0.15, 0.2) is 70.4 Å². The molecule has 5 atom stereocenters. The van der Waals surface area contributed by atoms with Crippen LogP contribution in [0.5, 0.6) is 5.75 Å². The van der Waals surface area contributed by atoms with Gasteiger partial charge in [0, 0.05) is 18.2 Å². The Balaban J connectivity index is 1.45. The summed E-state index contributed by atoms with van der Waals surface area (Å²) in [6.45, 7) is 8.85. The number of rotatable bonds is 11. The molecule has 0 saturated carbocycles. The zero-order valence-electron chi connectivity index (χ0n) is 23.7. The molecule has 1 unspecified atom stereocenters. The largest absolute Gasteiger partial charge is 0.462 e. The van der Waals surface area contributed by atoms with Gasteiger partial charge in [-0.3, -0.25) is 28.5 Å². The van der Waals surface area contributed by atoms with Gasteiger partial charge in [0.15, 0.2) is 0 Å². The van der Waals surface area contributed by atoms with Crippen LogP contribution in [0.25, 0.3) is 11.1 Å². The van der Waals surface area contributed by atoms with Crippen LogP contribution in [0.3, 0.4) is 0 Å². The van der Waals surface area contributed by atoms with Gasteiger partial charge in [0.1, 0.15) is 18.0 Å². The third-order valence-corrected chi connectivity index (χ3v) is 7.93. The number of H-pyrrole nitrogens is 1. The van der Waals surface area contributed by atoms with Gasteiger partial charge in [0.25, 0.3) is 5.56 Å². The number of aryl methyl sites for hydroxylation is 1. The van der Waals surface area contributed by atoms with Crippen molar-refractivity contribution in [3.8, 4) is 16.9 Å². The van der Waals surface area contributed by atoms with Crippen LogP contribution in [0.2, 0.25) is 0 Å². The van der Waals surface area contributed by atoms with Crippen LogP contribution in [0.4, 0.5) is 0 Å². The number of aromatic amines is 1. The van der Waals surface area contributed by atoms with Crippen molar-refractivity contribution in [1.82, 2.24) is 14.4 Å². The molecule has 0 spiro atoms. The number of hydrogen-bond donors (Lipinski definition) is 1. The number of benzene rings is 2. The van der Waals surface area contributed by atoms with Gasteiger partial charge in [-0.05, 0) is 57.4 Å². The molecule has 0 aliphatic carbocycles. The van der Waals surface area contributed by atoms with Crippen molar-refractivity contribution in [1.29, 1.82) is 0 Å². The topological polar surface area (TPSA) is 129 Å². The number of ether oxygens (including phenoxy) is 2. The second kappa shape index (κ2) is 13.4. The predicted octanol–water partition coefficient (Wildman–Crippen LogP) is 4.48. The van der Waals surface area contributed by atoms with Crippen molar-refractivity contribution in [2.75, 3.05) is 6.61 Å². The fourth-order valence-electron chi connectivity index (χ4n) is 4.51. The molecular weight excluding hydrogens is 549 g/mol. The molecule has 2 heterocycles. The van der Waals surface area contributed by atoms with Crippen LogP contribution in [0, 0.1) is 12.8 Å². The smallest absolute Gasteiger partial charge is 0.331 e. The van der Waals surface area contributed by atoms with E-state index in [1.54, 1.807) is 26.0 Å². The number of hydrogen-bond acceptors (Lipinski definition) is 8. The molecule has 1 saturated heterocycles. The maximum atomic E-state index is 13.4. The molecule has 220 valence electrons. The maximum Gasteiger partial charge on any atom is 0.331 e. The number of nitrogens with one attached hydrogen (secondary N) is 1. The van der Waals surface area contributed by atoms with E-state index in [0.29, 0.717) is 12.2 Å². The van der Waals surface area contributed by atoms with Gasteiger partial charge in [0.05, 0.1) is 18.8 Å². The monoisotopic (exact) mass is 585 g/mol. The minimum atomic E-state index is -3.11. The lowest BCUT2D eigenvalue weighted by Gasteiger charge is -2.27. The summed E-state index contributed by atoms with van der Waals surface area (Å²) in [4.78, 5) is 45.5. The second-order valence-corrected chi connectivity index (χ2v) is 11.6. The van der Waals surface area contributed by atoms with E-state index in [1.165, 1.54) is 23.8 Å². The number of nitrogens with zero attached hydrogens (tertiary/aromatic N) is 2. The lowest BCUT2D eigenvalue weighted by Crippen LogP contribution is -2.39. The Kier molecular flexibility index (Phi) is 9.99. The molecule has 1 aliphatic rings. The molecule has 1 fully saturated rings. The molecule has 1 N–H and O–H groups in total. The number of esters is 1. The Morgan fingerprint density at radius 3 is 2.32 bits per heavy atom. The summed E-state index contributed by atoms with van der Waals surface area (Å²) in [6, 6.07) is 15.5. The fraction of sp³-hybridized carbons (Fsp3) is 0.414. The highest BCUT2D eigenvalue weighted by molar-refractivity contribution is 7.36. The van der Waals surface area contributed by atoms with Crippen molar-refractivity contribution in [3.05, 3.63) is 87.2 Å². The van der Waals surface area contributed by atoms with E-state index in [1.807, 2.05) is 50.2 Å². The van der Waals surface area contributed by atoms with Gasteiger partial charge >= 0.3 is 19.8 Å². The highest BCUT2D eigenvalue weighted by Crippen LogP contribution is 2.37. The second-order valence-electron chi connectivity index (χ2n) is 10.4. The van der Waals surface area contributed by atoms with Crippen LogP contribution >= 0.6 is 8.18 Å². The molecule has 1 aliphatic heterocycles. The van der Waals surface area contributed by atoms with Crippen molar-refractivity contribution in [3.63, 3.8) is 0 Å². The molecule has 3 aromatic rings. The van der Waals surface area contributed by atoms with E-state index in [4.69, 9.17) is 18.8 Å². The summed E-state index contributed by atoms with van der Waals surface area (Å²) in [5.74, 6) is -0.342. The standard InChI is InChI=1S/C29H36N3O8P/c1-18(2)38-28(34)21(5)32(37-17-25-16-20(4)27(39-25)31-15-14-26(33)30-29(31)35)41(36)40-24-12-10-23(11-13-24)22-8-6-19(3)7-9-22/h6-15,18,20-21,25,27,41H,16-17H2,1-5H3,(H,30,33,35)/t20-,21-,25-,27+/m0/s1. The highest BCUT2D eigenvalue weighted by Gasteiger charge is 2.37. The van der Waals surface area contributed by atoms with Crippen LogP contribution in [-0.4, -0.2) is 45.2 Å². The number of carbonyl (C=O) groups is 1. The molecule has 0 radical (unpaired) electrons. The lowest BCUT2D eigenvalue weighted by atomic mass is 10.0. The van der Waals surface area contributed by atoms with E-state index in [9.17, 15) is 18.9 Å². The Hall–Kier alpha value is -3.50. The van der Waals surface area contributed by atoms with E-state index in [2.05, 4.69) is 4.98 Å². The molecular formula is C29H36N3O8P. The average molecular weight is 586 g/mol. The SMILES string of the molecule is Cc1ccc(-c2ccc(O[PH](=O)N(OC[C@@H]3C[C@H](C)[C@H](n4ccc(=O)[nH]c4=O)O3)[C@@H](C)C(=O)OC(C)C)cc2)cc1. The van der Waals surface area contributed by atoms with Crippen LogP contribution in [-0.2, 0) is 23.7 Å². The molecule has 1 aromatic heterocycles. The third-order valence-electron chi connectivity index (χ3n) is 6.65. The molecule has 4 rings (SSSR count). The first-order chi connectivity index (χ1) is 19.5. The van der Waals surface area contributed by atoms with Crippen molar-refractivity contribution in [2.24, 2.45) is 5.92 Å². The summed E-state index contributed by atoms with van der Waals surface area (Å²) in [5.41, 5.74) is 2.11. The Labute approximate surface area is 238 Å². The average Bonchev–Trinajstić information content (AvgIpc) is 3.29. The van der Waals surface area contributed by atoms with Crippen molar-refractivity contribution >= 4 is 14.1 Å². The van der Waals surface area contributed by atoms with E-state index in [0.717, 1.165) is 21.5 Å². The van der Waals surface area contributed by atoms with Crippen molar-refractivity contribution in [2.45, 2.75) is 65.5 Å². The highest BCUT2D eigenvalue weighted by atomic mass is 31.1. The zero-order valence-corrected chi connectivity index (χ0v) is 24.7. The van der Waals surface area contributed by atoms with Gasteiger partial charge in [-0.15, -0.1) is 0 Å². The fourth-order valence-corrected chi connectivity index (χ4v) is 5.54. The minimum Gasteiger partial charge on any atom is -0.462 e. The van der Waals surface area contributed by atoms with E-state index >= 15 is 0 Å². The molecule has 2 aromatic carbocycles. The summed E-state index contributed by atoms with van der Waals surface area (Å²) in [7, 11) is -3.11. The minimum absolute atomic E-state index is 0.0512. The third kappa shape index (κ3) is 7.83. The predicted molar refractivity (Wildman–Crippen MR) is 154 cm³/mol. The summed E-state index contributed by atoms with van der Waals surface area (Å²) >= 11 is 0. The summed E-state index contributed by atoms with van der Waals surface area (Å²) in [6.07, 6.45) is 0.438. The zero-order chi connectivity index (χ0) is 29.7. The van der Waals surface area contributed by atoms with Gasteiger partial charge in [-0.25, -0.2) is 4.79 Å². The van der Waals surface area contributed by atoms with E-state index in [-0.39, 0.29) is 18.6 Å². The molecule has 11 nitrogen and oxygen atoms in total. The number of aromatic nitrogens is 2. The molecule has 41 heavy (non-hydrogen) atoms. The Bertz CT molecular complexity index is 1470. The van der Waals surface area contributed by atoms with Gasteiger partial charge in [0.2, 0.25) is 0 Å². The molecule has 0 amide bonds. The summed E-state index contributed by atoms with van der Waals surface area (Å²) in [5, 5.41) is 0.